The number of fused-ring (bicyclic) bond motifs is 1. The van der Waals surface area contributed by atoms with Crippen LogP contribution in [0.4, 0.5) is 5.69 Å². The third kappa shape index (κ3) is 3.10. The monoisotopic (exact) mass is 310 g/mol. The molecule has 1 heterocycles. The van der Waals surface area contributed by atoms with Crippen molar-refractivity contribution in [2.24, 2.45) is 0 Å². The first kappa shape index (κ1) is 14.5. The molecule has 22 heavy (non-hydrogen) atoms. The van der Waals surface area contributed by atoms with Crippen LogP contribution in [0.15, 0.2) is 54.9 Å². The van der Waals surface area contributed by atoms with Crippen LogP contribution in [0, 0.1) is 6.92 Å². The number of aromatic nitrogens is 1. The minimum atomic E-state index is -0.0851. The quantitative estimate of drug-likeness (QED) is 0.780. The van der Waals surface area contributed by atoms with Gasteiger partial charge in [0.2, 0.25) is 5.91 Å². The molecule has 0 radical (unpaired) electrons. The molecule has 0 saturated heterocycles. The Kier molecular flexibility index (Phi) is 4.07. The minimum absolute atomic E-state index is 0.0851. The van der Waals surface area contributed by atoms with Gasteiger partial charge in [0.25, 0.3) is 0 Å². The number of carbonyl (C=O) groups is 1. The highest BCUT2D eigenvalue weighted by atomic mass is 35.5. The standard InChI is InChI=1S/C18H15ClN2O/c1-12-4-2-7-15-16(12)10-20-11-17(15)21-18(22)9-13-5-3-6-14(19)8-13/h2-8,10-11H,9H2,1H3,(H,21,22). The van der Waals surface area contributed by atoms with Crippen molar-refractivity contribution >= 4 is 34.0 Å². The van der Waals surface area contributed by atoms with Crippen molar-refractivity contribution in [1.29, 1.82) is 0 Å². The first-order chi connectivity index (χ1) is 10.6. The van der Waals surface area contributed by atoms with Gasteiger partial charge in [0.1, 0.15) is 0 Å². The molecule has 110 valence electrons. The number of amides is 1. The molecule has 0 atom stereocenters. The molecule has 1 amide bonds. The highest BCUT2D eigenvalue weighted by Gasteiger charge is 2.08. The van der Waals surface area contributed by atoms with Crippen molar-refractivity contribution in [3.8, 4) is 0 Å². The Morgan fingerprint density at radius 2 is 1.95 bits per heavy atom. The molecule has 0 fully saturated rings. The highest BCUT2D eigenvalue weighted by Crippen LogP contribution is 2.24. The van der Waals surface area contributed by atoms with Crippen LogP contribution in [0.5, 0.6) is 0 Å². The molecule has 0 aliphatic carbocycles. The van der Waals surface area contributed by atoms with E-state index in [-0.39, 0.29) is 12.3 Å². The van der Waals surface area contributed by atoms with Crippen LogP contribution in [0.25, 0.3) is 10.8 Å². The molecule has 0 bridgehead atoms. The Hall–Kier alpha value is -2.39. The number of aryl methyl sites for hydroxylation is 1. The lowest BCUT2D eigenvalue weighted by atomic mass is 10.1. The van der Waals surface area contributed by atoms with Crippen molar-refractivity contribution in [3.05, 3.63) is 71.0 Å². The van der Waals surface area contributed by atoms with Crippen LogP contribution >= 0.6 is 11.6 Å². The Labute approximate surface area is 133 Å². The number of nitrogens with zero attached hydrogens (tertiary/aromatic N) is 1. The van der Waals surface area contributed by atoms with Gasteiger partial charge in [0.05, 0.1) is 18.3 Å². The van der Waals surface area contributed by atoms with E-state index in [1.807, 2.05) is 43.5 Å². The van der Waals surface area contributed by atoms with Gasteiger partial charge in [0, 0.05) is 22.0 Å². The van der Waals surface area contributed by atoms with E-state index in [9.17, 15) is 4.79 Å². The molecule has 1 N–H and O–H groups in total. The van der Waals surface area contributed by atoms with Gasteiger partial charge in [-0.05, 0) is 30.2 Å². The van der Waals surface area contributed by atoms with Gasteiger partial charge >= 0.3 is 0 Å². The number of nitrogens with one attached hydrogen (secondary N) is 1. The van der Waals surface area contributed by atoms with Crippen LogP contribution < -0.4 is 5.32 Å². The lowest BCUT2D eigenvalue weighted by Gasteiger charge is -2.09. The van der Waals surface area contributed by atoms with Crippen molar-refractivity contribution in [2.45, 2.75) is 13.3 Å². The molecule has 0 aliphatic heterocycles. The fourth-order valence-corrected chi connectivity index (χ4v) is 2.68. The van der Waals surface area contributed by atoms with Crippen LogP contribution in [0.3, 0.4) is 0 Å². The predicted octanol–water partition coefficient (Wildman–Crippen LogP) is 4.38. The zero-order valence-corrected chi connectivity index (χ0v) is 12.9. The molecule has 0 unspecified atom stereocenters. The van der Waals surface area contributed by atoms with Crippen molar-refractivity contribution in [3.63, 3.8) is 0 Å². The van der Waals surface area contributed by atoms with Gasteiger partial charge in [-0.1, -0.05) is 41.9 Å². The number of hydrogen-bond acceptors (Lipinski definition) is 2. The molecule has 3 nitrogen and oxygen atoms in total. The molecule has 0 aliphatic rings. The van der Waals surface area contributed by atoms with Gasteiger partial charge in [-0.25, -0.2) is 0 Å². The minimum Gasteiger partial charge on any atom is -0.324 e. The van der Waals surface area contributed by atoms with E-state index in [1.165, 1.54) is 0 Å². The van der Waals surface area contributed by atoms with E-state index in [1.54, 1.807) is 18.3 Å². The summed E-state index contributed by atoms with van der Waals surface area (Å²) in [5.41, 5.74) is 2.75. The topological polar surface area (TPSA) is 42.0 Å². The Bertz CT molecular complexity index is 845. The fraction of sp³-hybridized carbons (Fsp3) is 0.111. The second kappa shape index (κ2) is 6.16. The number of pyridine rings is 1. The Morgan fingerprint density at radius 1 is 1.14 bits per heavy atom. The van der Waals surface area contributed by atoms with E-state index < -0.39 is 0 Å². The third-order valence-electron chi connectivity index (χ3n) is 3.55. The number of hydrogen-bond donors (Lipinski definition) is 1. The van der Waals surface area contributed by atoms with Crippen molar-refractivity contribution in [1.82, 2.24) is 4.98 Å². The van der Waals surface area contributed by atoms with Gasteiger partial charge in [-0.15, -0.1) is 0 Å². The highest BCUT2D eigenvalue weighted by molar-refractivity contribution is 6.30. The van der Waals surface area contributed by atoms with Crippen LogP contribution in [-0.4, -0.2) is 10.9 Å². The molecule has 2 aromatic carbocycles. The molecule has 3 rings (SSSR count). The summed E-state index contributed by atoms with van der Waals surface area (Å²) in [7, 11) is 0. The number of halogens is 1. The summed E-state index contributed by atoms with van der Waals surface area (Å²) >= 11 is 5.94. The maximum absolute atomic E-state index is 12.2. The van der Waals surface area contributed by atoms with E-state index in [0.29, 0.717) is 5.02 Å². The second-order valence-corrected chi connectivity index (χ2v) is 5.65. The summed E-state index contributed by atoms with van der Waals surface area (Å²) in [6.45, 7) is 2.03. The average molecular weight is 311 g/mol. The number of benzene rings is 2. The lowest BCUT2D eigenvalue weighted by Crippen LogP contribution is -2.14. The first-order valence-electron chi connectivity index (χ1n) is 7.01. The van der Waals surface area contributed by atoms with E-state index in [0.717, 1.165) is 27.6 Å². The van der Waals surface area contributed by atoms with Crippen molar-refractivity contribution in [2.75, 3.05) is 5.32 Å². The second-order valence-electron chi connectivity index (χ2n) is 5.21. The molecule has 3 aromatic rings. The molecular formula is C18H15ClN2O. The number of rotatable bonds is 3. The summed E-state index contributed by atoms with van der Waals surface area (Å²) < 4.78 is 0. The summed E-state index contributed by atoms with van der Waals surface area (Å²) in [6.07, 6.45) is 3.78. The normalized spacial score (nSPS) is 10.6. The van der Waals surface area contributed by atoms with E-state index in [2.05, 4.69) is 10.3 Å². The van der Waals surface area contributed by atoms with E-state index in [4.69, 9.17) is 11.6 Å². The number of anilines is 1. The summed E-state index contributed by atoms with van der Waals surface area (Å²) in [4.78, 5) is 16.5. The fourth-order valence-electron chi connectivity index (χ4n) is 2.47. The Balaban J connectivity index is 1.84. The summed E-state index contributed by atoms with van der Waals surface area (Å²) in [5, 5.41) is 5.61. The third-order valence-corrected chi connectivity index (χ3v) is 3.78. The maximum atomic E-state index is 12.2. The van der Waals surface area contributed by atoms with Gasteiger partial charge in [-0.3, -0.25) is 9.78 Å². The SMILES string of the molecule is Cc1cccc2c(NC(=O)Cc3cccc(Cl)c3)cncc12. The van der Waals surface area contributed by atoms with Gasteiger partial charge in [-0.2, -0.15) is 0 Å². The molecule has 1 aromatic heterocycles. The van der Waals surface area contributed by atoms with Crippen LogP contribution in [0.2, 0.25) is 5.02 Å². The molecule has 4 heteroatoms. The maximum Gasteiger partial charge on any atom is 0.228 e. The largest absolute Gasteiger partial charge is 0.324 e. The summed E-state index contributed by atoms with van der Waals surface area (Å²) in [5.74, 6) is -0.0851. The van der Waals surface area contributed by atoms with Gasteiger partial charge in [0.15, 0.2) is 0 Å². The zero-order chi connectivity index (χ0) is 15.5. The van der Waals surface area contributed by atoms with Crippen LogP contribution in [-0.2, 0) is 11.2 Å². The first-order valence-corrected chi connectivity index (χ1v) is 7.39. The molecule has 0 spiro atoms. The van der Waals surface area contributed by atoms with Gasteiger partial charge < -0.3 is 5.32 Å². The molecular weight excluding hydrogens is 296 g/mol. The van der Waals surface area contributed by atoms with Crippen molar-refractivity contribution < 1.29 is 4.79 Å². The summed E-state index contributed by atoms with van der Waals surface area (Å²) in [6, 6.07) is 13.3. The van der Waals surface area contributed by atoms with E-state index >= 15 is 0 Å². The zero-order valence-electron chi connectivity index (χ0n) is 12.1. The number of carbonyl (C=O) groups excluding carboxylic acids is 1. The van der Waals surface area contributed by atoms with Crippen LogP contribution in [0.1, 0.15) is 11.1 Å². The predicted molar refractivity (Wildman–Crippen MR) is 90.3 cm³/mol. The average Bonchev–Trinajstić information content (AvgIpc) is 2.48. The lowest BCUT2D eigenvalue weighted by molar-refractivity contribution is -0.115. The smallest absolute Gasteiger partial charge is 0.228 e. The molecule has 0 saturated carbocycles. The Morgan fingerprint density at radius 3 is 2.77 bits per heavy atom.